The third-order valence-electron chi connectivity index (χ3n) is 3.18. The zero-order valence-electron chi connectivity index (χ0n) is 11.8. The van der Waals surface area contributed by atoms with Crippen molar-refractivity contribution in [2.45, 2.75) is 13.0 Å². The highest BCUT2D eigenvalue weighted by Crippen LogP contribution is 2.32. The van der Waals surface area contributed by atoms with Crippen LogP contribution in [-0.4, -0.2) is 14.2 Å². The highest BCUT2D eigenvalue weighted by molar-refractivity contribution is 9.10. The van der Waals surface area contributed by atoms with Crippen molar-refractivity contribution in [2.75, 3.05) is 14.2 Å². The average molecular weight is 336 g/mol. The van der Waals surface area contributed by atoms with E-state index >= 15 is 0 Å². The third kappa shape index (κ3) is 3.52. The van der Waals surface area contributed by atoms with Crippen molar-refractivity contribution in [2.24, 2.45) is 0 Å². The highest BCUT2D eigenvalue weighted by atomic mass is 79.9. The van der Waals surface area contributed by atoms with Gasteiger partial charge >= 0.3 is 0 Å². The summed E-state index contributed by atoms with van der Waals surface area (Å²) in [4.78, 5) is 0. The van der Waals surface area contributed by atoms with Gasteiger partial charge < -0.3 is 14.8 Å². The molecule has 1 unspecified atom stereocenters. The molecule has 1 N–H and O–H groups in total. The minimum Gasteiger partial charge on any atom is -0.497 e. The Morgan fingerprint density at radius 1 is 1.05 bits per heavy atom. The van der Waals surface area contributed by atoms with Crippen LogP contribution in [0.3, 0.4) is 0 Å². The van der Waals surface area contributed by atoms with Crippen LogP contribution in [-0.2, 0) is 0 Å². The smallest absolute Gasteiger partial charge is 0.141 e. The maximum Gasteiger partial charge on any atom is 0.141 e. The fourth-order valence-electron chi connectivity index (χ4n) is 1.81. The van der Waals surface area contributed by atoms with Gasteiger partial charge in [0.2, 0.25) is 0 Å². The topological polar surface area (TPSA) is 30.5 Å². The van der Waals surface area contributed by atoms with Crippen LogP contribution in [0.1, 0.15) is 18.5 Å². The zero-order chi connectivity index (χ0) is 14.5. The van der Waals surface area contributed by atoms with Crippen molar-refractivity contribution < 1.29 is 9.47 Å². The molecule has 0 aliphatic rings. The van der Waals surface area contributed by atoms with Gasteiger partial charge in [-0.1, -0.05) is 6.07 Å². The summed E-state index contributed by atoms with van der Waals surface area (Å²) in [6, 6.07) is 13.9. The molecule has 0 heterocycles. The molecule has 0 fully saturated rings. The monoisotopic (exact) mass is 335 g/mol. The Balaban J connectivity index is 2.16. The van der Waals surface area contributed by atoms with E-state index in [0.717, 1.165) is 21.7 Å². The molecule has 0 saturated carbocycles. The van der Waals surface area contributed by atoms with Crippen LogP contribution in [0.4, 0.5) is 0 Å². The number of halogens is 1. The Morgan fingerprint density at radius 2 is 1.70 bits per heavy atom. The maximum atomic E-state index is 5.85. The lowest BCUT2D eigenvalue weighted by Crippen LogP contribution is -2.12. The van der Waals surface area contributed by atoms with Crippen molar-refractivity contribution in [3.8, 4) is 17.2 Å². The molecular formula is C16H18BrNO2. The second-order valence-electron chi connectivity index (χ2n) is 4.48. The van der Waals surface area contributed by atoms with Crippen molar-refractivity contribution >= 4 is 15.9 Å². The second kappa shape index (κ2) is 6.77. The lowest BCUT2D eigenvalue weighted by atomic mass is 10.1. The summed E-state index contributed by atoms with van der Waals surface area (Å²) < 4.78 is 11.9. The predicted molar refractivity (Wildman–Crippen MR) is 84.7 cm³/mol. The number of hydrogen-bond acceptors (Lipinski definition) is 3. The van der Waals surface area contributed by atoms with Crippen LogP contribution in [0.25, 0.3) is 0 Å². The van der Waals surface area contributed by atoms with Crippen LogP contribution in [0.15, 0.2) is 46.9 Å². The van der Waals surface area contributed by atoms with Gasteiger partial charge in [0.15, 0.2) is 0 Å². The van der Waals surface area contributed by atoms with Gasteiger partial charge in [-0.2, -0.15) is 0 Å². The van der Waals surface area contributed by atoms with E-state index in [1.807, 2.05) is 37.4 Å². The largest absolute Gasteiger partial charge is 0.497 e. The van der Waals surface area contributed by atoms with Gasteiger partial charge in [0, 0.05) is 6.04 Å². The lowest BCUT2D eigenvalue weighted by Gasteiger charge is -2.13. The molecule has 0 saturated heterocycles. The number of rotatable bonds is 5. The molecule has 0 radical (unpaired) electrons. The van der Waals surface area contributed by atoms with E-state index in [1.54, 1.807) is 7.11 Å². The summed E-state index contributed by atoms with van der Waals surface area (Å²) in [6.07, 6.45) is 0. The van der Waals surface area contributed by atoms with Crippen molar-refractivity contribution in [3.63, 3.8) is 0 Å². The minimum absolute atomic E-state index is 0.307. The summed E-state index contributed by atoms with van der Waals surface area (Å²) in [6.45, 7) is 2.12. The fraction of sp³-hybridized carbons (Fsp3) is 0.250. The average Bonchev–Trinajstić information content (AvgIpc) is 2.49. The Labute approximate surface area is 128 Å². The van der Waals surface area contributed by atoms with Crippen LogP contribution in [0.2, 0.25) is 0 Å². The quantitative estimate of drug-likeness (QED) is 0.870. The lowest BCUT2D eigenvalue weighted by molar-refractivity contribution is 0.412. The molecule has 106 valence electrons. The number of benzene rings is 2. The number of ether oxygens (including phenoxy) is 2. The van der Waals surface area contributed by atoms with Gasteiger partial charge in [0.1, 0.15) is 17.2 Å². The molecule has 0 aliphatic carbocycles. The Morgan fingerprint density at radius 3 is 2.25 bits per heavy atom. The van der Waals surface area contributed by atoms with Crippen LogP contribution in [0.5, 0.6) is 17.2 Å². The maximum absolute atomic E-state index is 5.85. The number of methoxy groups -OCH3 is 1. The first-order valence-electron chi connectivity index (χ1n) is 6.42. The molecule has 2 aromatic rings. The summed E-state index contributed by atoms with van der Waals surface area (Å²) in [5.74, 6) is 2.39. The summed E-state index contributed by atoms with van der Waals surface area (Å²) in [5.41, 5.74) is 1.21. The molecule has 0 bridgehead atoms. The van der Waals surface area contributed by atoms with E-state index in [1.165, 1.54) is 5.56 Å². The van der Waals surface area contributed by atoms with Gasteiger partial charge in [-0.15, -0.1) is 0 Å². The van der Waals surface area contributed by atoms with E-state index < -0.39 is 0 Å². The molecule has 20 heavy (non-hydrogen) atoms. The second-order valence-corrected chi connectivity index (χ2v) is 5.33. The summed E-state index contributed by atoms with van der Waals surface area (Å²) >= 11 is 3.55. The molecule has 1 atom stereocenters. The highest BCUT2D eigenvalue weighted by Gasteiger charge is 2.08. The SMILES string of the molecule is CNC(C)c1ccc(Oc2ccc(OC)cc2)c(Br)c1. The molecule has 2 aromatic carbocycles. The van der Waals surface area contributed by atoms with E-state index in [0.29, 0.717) is 6.04 Å². The summed E-state index contributed by atoms with van der Waals surface area (Å²) in [5, 5.41) is 3.21. The standard InChI is InChI=1S/C16H18BrNO2/c1-11(18-2)12-4-9-16(15(17)10-12)20-14-7-5-13(19-3)6-8-14/h4-11,18H,1-3H3. The first-order valence-corrected chi connectivity index (χ1v) is 7.22. The molecule has 0 spiro atoms. The minimum atomic E-state index is 0.307. The molecule has 0 aliphatic heterocycles. The predicted octanol–water partition coefficient (Wildman–Crippen LogP) is 4.53. The summed E-state index contributed by atoms with van der Waals surface area (Å²) in [7, 11) is 3.59. The van der Waals surface area contributed by atoms with Gasteiger partial charge in [0.25, 0.3) is 0 Å². The zero-order valence-corrected chi connectivity index (χ0v) is 13.4. The molecule has 2 rings (SSSR count). The van der Waals surface area contributed by atoms with E-state index in [4.69, 9.17) is 9.47 Å². The van der Waals surface area contributed by atoms with E-state index in [2.05, 4.69) is 40.3 Å². The molecule has 4 heteroatoms. The van der Waals surface area contributed by atoms with Gasteiger partial charge in [-0.05, 0) is 71.9 Å². The Kier molecular flexibility index (Phi) is 5.04. The Hall–Kier alpha value is -1.52. The molecule has 0 amide bonds. The molecule has 3 nitrogen and oxygen atoms in total. The third-order valence-corrected chi connectivity index (χ3v) is 3.80. The van der Waals surface area contributed by atoms with Crippen molar-refractivity contribution in [3.05, 3.63) is 52.5 Å². The first-order chi connectivity index (χ1) is 9.63. The number of hydrogen-bond donors (Lipinski definition) is 1. The van der Waals surface area contributed by atoms with Crippen LogP contribution < -0.4 is 14.8 Å². The first kappa shape index (κ1) is 14.9. The number of nitrogens with one attached hydrogen (secondary N) is 1. The van der Waals surface area contributed by atoms with Crippen molar-refractivity contribution in [1.29, 1.82) is 0 Å². The van der Waals surface area contributed by atoms with Gasteiger partial charge in [0.05, 0.1) is 11.6 Å². The fourth-order valence-corrected chi connectivity index (χ4v) is 2.28. The Bertz CT molecular complexity index is 569. The normalized spacial score (nSPS) is 12.0. The van der Waals surface area contributed by atoms with E-state index in [-0.39, 0.29) is 0 Å². The van der Waals surface area contributed by atoms with Gasteiger partial charge in [-0.25, -0.2) is 0 Å². The van der Waals surface area contributed by atoms with Crippen LogP contribution in [0, 0.1) is 0 Å². The molecular weight excluding hydrogens is 318 g/mol. The van der Waals surface area contributed by atoms with Gasteiger partial charge in [-0.3, -0.25) is 0 Å². The van der Waals surface area contributed by atoms with Crippen molar-refractivity contribution in [1.82, 2.24) is 5.32 Å². The van der Waals surface area contributed by atoms with Crippen LogP contribution >= 0.6 is 15.9 Å². The molecule has 0 aromatic heterocycles. The van der Waals surface area contributed by atoms with E-state index in [9.17, 15) is 0 Å².